The van der Waals surface area contributed by atoms with Crippen LogP contribution in [0.3, 0.4) is 0 Å². The molecule has 1 aliphatic rings. The number of rotatable bonds is 3. The van der Waals surface area contributed by atoms with Crippen LogP contribution < -0.4 is 0 Å². The molecule has 0 saturated heterocycles. The number of carboxylic acids is 1. The molecule has 0 atom stereocenters. The van der Waals surface area contributed by atoms with Crippen LogP contribution in [0.5, 0.6) is 0 Å². The Balaban J connectivity index is 2.15. The van der Waals surface area contributed by atoms with Crippen molar-refractivity contribution in [2.24, 2.45) is 0 Å². The number of carboxylic acid groups (broad SMARTS) is 1. The zero-order valence-electron chi connectivity index (χ0n) is 10.1. The van der Waals surface area contributed by atoms with E-state index in [0.29, 0.717) is 11.7 Å². The summed E-state index contributed by atoms with van der Waals surface area (Å²) >= 11 is 0. The third kappa shape index (κ3) is 1.79. The molecule has 0 radical (unpaired) electrons. The molecule has 92 valence electrons. The topological polar surface area (TPSA) is 55.1 Å². The van der Waals surface area contributed by atoms with E-state index in [1.807, 2.05) is 23.6 Å². The highest BCUT2D eigenvalue weighted by Crippen LogP contribution is 2.40. The molecule has 1 fully saturated rings. The number of pyridine rings is 1. The van der Waals surface area contributed by atoms with Gasteiger partial charge in [-0.1, -0.05) is 0 Å². The van der Waals surface area contributed by atoms with Gasteiger partial charge in [-0.25, -0.2) is 4.79 Å². The van der Waals surface area contributed by atoms with E-state index in [1.54, 1.807) is 18.5 Å². The van der Waals surface area contributed by atoms with Gasteiger partial charge in [0.1, 0.15) is 5.69 Å². The van der Waals surface area contributed by atoms with E-state index in [2.05, 4.69) is 4.98 Å². The van der Waals surface area contributed by atoms with Crippen LogP contribution in [-0.2, 0) is 0 Å². The van der Waals surface area contributed by atoms with Crippen molar-refractivity contribution in [2.75, 3.05) is 0 Å². The maximum Gasteiger partial charge on any atom is 0.352 e. The maximum absolute atomic E-state index is 11.2. The maximum atomic E-state index is 11.2. The first kappa shape index (κ1) is 11.0. The second-order valence-electron chi connectivity index (χ2n) is 4.76. The van der Waals surface area contributed by atoms with Gasteiger partial charge in [0.25, 0.3) is 0 Å². The van der Waals surface area contributed by atoms with Crippen molar-refractivity contribution < 1.29 is 9.90 Å². The van der Waals surface area contributed by atoms with Crippen LogP contribution in [-0.4, -0.2) is 20.6 Å². The Kier molecular flexibility index (Phi) is 2.44. The molecule has 2 heterocycles. The van der Waals surface area contributed by atoms with Crippen LogP contribution in [0.1, 0.15) is 34.9 Å². The van der Waals surface area contributed by atoms with Gasteiger partial charge in [-0.05, 0) is 43.5 Å². The predicted octanol–water partition coefficient (Wildman–Crippen LogP) is 2.89. The van der Waals surface area contributed by atoms with Crippen molar-refractivity contribution in [3.8, 4) is 11.3 Å². The number of hydrogen-bond donors (Lipinski definition) is 1. The van der Waals surface area contributed by atoms with Crippen LogP contribution in [0.15, 0.2) is 30.6 Å². The first-order valence-corrected chi connectivity index (χ1v) is 6.03. The summed E-state index contributed by atoms with van der Waals surface area (Å²) < 4.78 is 1.93. The zero-order valence-corrected chi connectivity index (χ0v) is 10.1. The highest BCUT2D eigenvalue weighted by Gasteiger charge is 2.29. The molecule has 0 aliphatic heterocycles. The van der Waals surface area contributed by atoms with Gasteiger partial charge >= 0.3 is 5.97 Å². The summed E-state index contributed by atoms with van der Waals surface area (Å²) in [7, 11) is 0. The van der Waals surface area contributed by atoms with Gasteiger partial charge in [-0.2, -0.15) is 0 Å². The van der Waals surface area contributed by atoms with Crippen molar-refractivity contribution in [3.63, 3.8) is 0 Å². The van der Waals surface area contributed by atoms with Gasteiger partial charge in [0.05, 0.1) is 5.69 Å². The Hall–Kier alpha value is -2.10. The van der Waals surface area contributed by atoms with E-state index in [1.165, 1.54) is 0 Å². The Morgan fingerprint density at radius 1 is 1.39 bits per heavy atom. The van der Waals surface area contributed by atoms with E-state index in [9.17, 15) is 9.90 Å². The molecule has 4 nitrogen and oxygen atoms in total. The summed E-state index contributed by atoms with van der Waals surface area (Å²) in [5.41, 5.74) is 3.38. The van der Waals surface area contributed by atoms with E-state index >= 15 is 0 Å². The highest BCUT2D eigenvalue weighted by atomic mass is 16.4. The third-order valence-electron chi connectivity index (χ3n) is 3.22. The Morgan fingerprint density at radius 2 is 2.17 bits per heavy atom. The minimum atomic E-state index is -0.867. The van der Waals surface area contributed by atoms with Crippen LogP contribution >= 0.6 is 0 Å². The van der Waals surface area contributed by atoms with Gasteiger partial charge in [0.2, 0.25) is 0 Å². The van der Waals surface area contributed by atoms with Gasteiger partial charge in [-0.15, -0.1) is 0 Å². The monoisotopic (exact) mass is 242 g/mol. The lowest BCUT2D eigenvalue weighted by Gasteiger charge is -2.10. The minimum Gasteiger partial charge on any atom is -0.477 e. The molecular formula is C14H14N2O2. The number of aryl methyl sites for hydroxylation is 1. The molecule has 0 bridgehead atoms. The van der Waals surface area contributed by atoms with E-state index < -0.39 is 5.97 Å². The lowest BCUT2D eigenvalue weighted by molar-refractivity contribution is 0.0685. The van der Waals surface area contributed by atoms with Crippen molar-refractivity contribution in [1.82, 2.24) is 9.55 Å². The summed E-state index contributed by atoms with van der Waals surface area (Å²) in [6.07, 6.45) is 5.70. The van der Waals surface area contributed by atoms with Gasteiger partial charge in [0, 0.05) is 24.0 Å². The lowest BCUT2D eigenvalue weighted by atomic mass is 10.1. The fourth-order valence-electron chi connectivity index (χ4n) is 2.28. The zero-order chi connectivity index (χ0) is 12.7. The number of nitrogens with zero attached hydrogens (tertiary/aromatic N) is 2. The Bertz CT molecular complexity index is 612. The van der Waals surface area contributed by atoms with Crippen LogP contribution in [0.2, 0.25) is 0 Å². The summed E-state index contributed by atoms with van der Waals surface area (Å²) in [5.74, 6) is -0.867. The number of carbonyl (C=O) groups is 1. The fourth-order valence-corrected chi connectivity index (χ4v) is 2.28. The van der Waals surface area contributed by atoms with Crippen LogP contribution in [0, 0.1) is 6.92 Å². The molecule has 18 heavy (non-hydrogen) atoms. The average Bonchev–Trinajstić information content (AvgIpc) is 3.07. The SMILES string of the molecule is Cc1cncc(-c2ccc(C(=O)O)n2C2CC2)c1. The molecule has 0 spiro atoms. The van der Waals surface area contributed by atoms with Gasteiger partial charge in [0.15, 0.2) is 0 Å². The molecule has 0 aromatic carbocycles. The molecule has 0 unspecified atom stereocenters. The second-order valence-corrected chi connectivity index (χ2v) is 4.76. The molecular weight excluding hydrogens is 228 g/mol. The molecule has 1 saturated carbocycles. The van der Waals surface area contributed by atoms with Crippen molar-refractivity contribution in [2.45, 2.75) is 25.8 Å². The van der Waals surface area contributed by atoms with Crippen molar-refractivity contribution >= 4 is 5.97 Å². The molecule has 2 aromatic heterocycles. The van der Waals surface area contributed by atoms with Crippen LogP contribution in [0.25, 0.3) is 11.3 Å². The Labute approximate surface area is 105 Å². The first-order valence-electron chi connectivity index (χ1n) is 6.03. The van der Waals surface area contributed by atoms with E-state index in [4.69, 9.17) is 0 Å². The molecule has 0 amide bonds. The lowest BCUT2D eigenvalue weighted by Crippen LogP contribution is -2.08. The van der Waals surface area contributed by atoms with Gasteiger partial charge < -0.3 is 9.67 Å². The minimum absolute atomic E-state index is 0.335. The van der Waals surface area contributed by atoms with Crippen molar-refractivity contribution in [3.05, 3.63) is 41.9 Å². The highest BCUT2D eigenvalue weighted by molar-refractivity contribution is 5.87. The molecule has 1 N–H and O–H groups in total. The average molecular weight is 242 g/mol. The number of aromatic nitrogens is 2. The standard InChI is InChI=1S/C14H14N2O2/c1-9-6-10(8-15-7-9)12-4-5-13(14(17)18)16(12)11-2-3-11/h4-8,11H,2-3H2,1H3,(H,17,18). The van der Waals surface area contributed by atoms with Gasteiger partial charge in [-0.3, -0.25) is 4.98 Å². The normalized spacial score (nSPS) is 14.7. The Morgan fingerprint density at radius 3 is 2.78 bits per heavy atom. The molecule has 1 aliphatic carbocycles. The molecule has 3 rings (SSSR count). The third-order valence-corrected chi connectivity index (χ3v) is 3.22. The van der Waals surface area contributed by atoms with E-state index in [0.717, 1.165) is 29.7 Å². The summed E-state index contributed by atoms with van der Waals surface area (Å²) in [6, 6.07) is 5.92. The fraction of sp³-hybridized carbons (Fsp3) is 0.286. The summed E-state index contributed by atoms with van der Waals surface area (Å²) in [5, 5.41) is 9.22. The first-order chi connectivity index (χ1) is 8.66. The van der Waals surface area contributed by atoms with E-state index in [-0.39, 0.29) is 0 Å². The molecule has 4 heteroatoms. The predicted molar refractivity (Wildman–Crippen MR) is 67.6 cm³/mol. The summed E-state index contributed by atoms with van der Waals surface area (Å²) in [6.45, 7) is 1.99. The quantitative estimate of drug-likeness (QED) is 0.900. The second kappa shape index (κ2) is 3.98. The van der Waals surface area contributed by atoms with Crippen molar-refractivity contribution in [1.29, 1.82) is 0 Å². The number of aromatic carboxylic acids is 1. The largest absolute Gasteiger partial charge is 0.477 e. The smallest absolute Gasteiger partial charge is 0.352 e. The summed E-state index contributed by atoms with van der Waals surface area (Å²) in [4.78, 5) is 15.4. The number of hydrogen-bond acceptors (Lipinski definition) is 2. The molecule has 2 aromatic rings. The van der Waals surface area contributed by atoms with Crippen LogP contribution in [0.4, 0.5) is 0 Å².